The van der Waals surface area contributed by atoms with Gasteiger partial charge in [-0.25, -0.2) is 4.98 Å². The molecule has 0 radical (unpaired) electrons. The van der Waals surface area contributed by atoms with Crippen LogP contribution >= 0.6 is 0 Å². The molecule has 1 aromatic carbocycles. The van der Waals surface area contributed by atoms with Gasteiger partial charge in [0, 0.05) is 30.9 Å². The highest BCUT2D eigenvalue weighted by molar-refractivity contribution is 5.45. The summed E-state index contributed by atoms with van der Waals surface area (Å²) in [6.07, 6.45) is 2.45. The zero-order chi connectivity index (χ0) is 16.2. The molecule has 1 N–H and O–H groups in total. The summed E-state index contributed by atoms with van der Waals surface area (Å²) >= 11 is 0. The Morgan fingerprint density at radius 3 is 2.52 bits per heavy atom. The van der Waals surface area contributed by atoms with Gasteiger partial charge in [-0.05, 0) is 38.2 Å². The summed E-state index contributed by atoms with van der Waals surface area (Å²) in [4.78, 5) is 11.7. The van der Waals surface area contributed by atoms with Gasteiger partial charge in [0.15, 0.2) is 0 Å². The van der Waals surface area contributed by atoms with Crippen LogP contribution in [0.2, 0.25) is 0 Å². The lowest BCUT2D eigenvalue weighted by Crippen LogP contribution is -2.34. The van der Waals surface area contributed by atoms with Gasteiger partial charge in [0.05, 0.1) is 0 Å². The first kappa shape index (κ1) is 15.8. The zero-order valence-electron chi connectivity index (χ0n) is 14.3. The van der Waals surface area contributed by atoms with E-state index in [1.165, 1.54) is 18.4 Å². The Morgan fingerprint density at radius 1 is 1.13 bits per heavy atom. The van der Waals surface area contributed by atoms with Gasteiger partial charge in [-0.3, -0.25) is 0 Å². The van der Waals surface area contributed by atoms with Crippen LogP contribution in [0, 0.1) is 12.8 Å². The minimum absolute atomic E-state index is 0.222. The van der Waals surface area contributed by atoms with E-state index in [1.807, 2.05) is 19.1 Å². The second-order valence-electron chi connectivity index (χ2n) is 6.64. The number of nitrogens with one attached hydrogen (secondary N) is 1. The van der Waals surface area contributed by atoms with Gasteiger partial charge in [0.1, 0.15) is 5.82 Å². The molecule has 0 bridgehead atoms. The van der Waals surface area contributed by atoms with Crippen molar-refractivity contribution in [2.45, 2.75) is 39.7 Å². The Labute approximate surface area is 139 Å². The first-order chi connectivity index (χ1) is 11.1. The highest BCUT2D eigenvalue weighted by Crippen LogP contribution is 2.23. The molecule has 1 unspecified atom stereocenters. The minimum Gasteiger partial charge on any atom is -0.363 e. The lowest BCUT2D eigenvalue weighted by Gasteiger charge is -2.30. The van der Waals surface area contributed by atoms with Gasteiger partial charge in [-0.15, -0.1) is 0 Å². The third kappa shape index (κ3) is 4.01. The molecule has 0 aliphatic carbocycles. The lowest BCUT2D eigenvalue weighted by molar-refractivity contribution is 0.434. The van der Waals surface area contributed by atoms with Gasteiger partial charge in [0.2, 0.25) is 5.95 Å². The number of hydrogen-bond donors (Lipinski definition) is 1. The monoisotopic (exact) mass is 310 g/mol. The lowest BCUT2D eigenvalue weighted by atomic mass is 10.00. The molecule has 4 heteroatoms. The van der Waals surface area contributed by atoms with E-state index in [9.17, 15) is 0 Å². The van der Waals surface area contributed by atoms with Crippen molar-refractivity contribution >= 4 is 11.8 Å². The Balaban J connectivity index is 1.75. The fraction of sp³-hybridized carbons (Fsp3) is 0.474. The van der Waals surface area contributed by atoms with Gasteiger partial charge >= 0.3 is 0 Å². The second kappa shape index (κ2) is 6.99. The second-order valence-corrected chi connectivity index (χ2v) is 6.64. The number of benzene rings is 1. The van der Waals surface area contributed by atoms with E-state index in [0.717, 1.165) is 36.5 Å². The molecule has 1 saturated heterocycles. The van der Waals surface area contributed by atoms with Crippen molar-refractivity contribution in [2.75, 3.05) is 23.3 Å². The average molecular weight is 310 g/mol. The minimum atomic E-state index is 0.222. The molecule has 0 amide bonds. The average Bonchev–Trinajstić information content (AvgIpc) is 2.56. The van der Waals surface area contributed by atoms with Gasteiger partial charge in [-0.1, -0.05) is 37.3 Å². The molecule has 0 saturated carbocycles. The van der Waals surface area contributed by atoms with Crippen LogP contribution in [-0.4, -0.2) is 23.1 Å². The molecule has 0 spiro atoms. The fourth-order valence-corrected chi connectivity index (χ4v) is 3.02. The Kier molecular flexibility index (Phi) is 4.79. The molecule has 1 fully saturated rings. The molecule has 122 valence electrons. The maximum absolute atomic E-state index is 4.75. The maximum Gasteiger partial charge on any atom is 0.227 e. The molecule has 23 heavy (non-hydrogen) atoms. The number of anilines is 2. The molecule has 1 atom stereocenters. The van der Waals surface area contributed by atoms with Crippen LogP contribution in [0.25, 0.3) is 0 Å². The molecular formula is C19H26N4. The summed E-state index contributed by atoms with van der Waals surface area (Å²) in [5, 5.41) is 3.51. The fourth-order valence-electron chi connectivity index (χ4n) is 3.02. The van der Waals surface area contributed by atoms with E-state index < -0.39 is 0 Å². The summed E-state index contributed by atoms with van der Waals surface area (Å²) in [5.74, 6) is 2.58. The number of aromatic nitrogens is 2. The number of hydrogen-bond acceptors (Lipinski definition) is 4. The molecule has 4 nitrogen and oxygen atoms in total. The highest BCUT2D eigenvalue weighted by atomic mass is 15.3. The van der Waals surface area contributed by atoms with Crippen LogP contribution < -0.4 is 10.2 Å². The van der Waals surface area contributed by atoms with Crippen LogP contribution in [0.5, 0.6) is 0 Å². The van der Waals surface area contributed by atoms with Crippen LogP contribution in [0.1, 0.15) is 44.0 Å². The van der Waals surface area contributed by atoms with E-state index in [4.69, 9.17) is 4.98 Å². The smallest absolute Gasteiger partial charge is 0.227 e. The quantitative estimate of drug-likeness (QED) is 0.919. The molecule has 1 aromatic heterocycles. The number of nitrogens with zero attached hydrogens (tertiary/aromatic N) is 3. The van der Waals surface area contributed by atoms with Crippen molar-refractivity contribution in [3.8, 4) is 0 Å². The standard InChI is InChI=1S/C19H26N4/c1-14-9-11-23(12-10-14)19-20-15(2)13-18(22-19)21-16(3)17-7-5-4-6-8-17/h4-8,13-14,16H,9-12H2,1-3H3,(H,20,21,22). The predicted octanol–water partition coefficient (Wildman–Crippen LogP) is 4.19. The summed E-state index contributed by atoms with van der Waals surface area (Å²) in [6, 6.07) is 12.7. The zero-order valence-corrected chi connectivity index (χ0v) is 14.3. The first-order valence-electron chi connectivity index (χ1n) is 8.54. The van der Waals surface area contributed by atoms with Crippen LogP contribution in [0.15, 0.2) is 36.4 Å². The van der Waals surface area contributed by atoms with Crippen molar-refractivity contribution in [3.63, 3.8) is 0 Å². The van der Waals surface area contributed by atoms with Gasteiger partial charge in [-0.2, -0.15) is 4.98 Å². The van der Waals surface area contributed by atoms with Crippen molar-refractivity contribution in [1.29, 1.82) is 0 Å². The Hall–Kier alpha value is -2.10. The van der Waals surface area contributed by atoms with E-state index >= 15 is 0 Å². The van der Waals surface area contributed by atoms with Crippen molar-refractivity contribution < 1.29 is 0 Å². The van der Waals surface area contributed by atoms with Crippen molar-refractivity contribution in [2.24, 2.45) is 5.92 Å². The molecule has 1 aliphatic heterocycles. The SMILES string of the molecule is Cc1cc(NC(C)c2ccccc2)nc(N2CCC(C)CC2)n1. The summed E-state index contributed by atoms with van der Waals surface area (Å²) in [7, 11) is 0. The Bertz CT molecular complexity index is 633. The summed E-state index contributed by atoms with van der Waals surface area (Å²) < 4.78 is 0. The maximum atomic E-state index is 4.75. The van der Waals surface area contributed by atoms with E-state index in [1.54, 1.807) is 0 Å². The van der Waals surface area contributed by atoms with Crippen molar-refractivity contribution in [1.82, 2.24) is 9.97 Å². The largest absolute Gasteiger partial charge is 0.363 e. The van der Waals surface area contributed by atoms with Crippen LogP contribution in [0.3, 0.4) is 0 Å². The molecule has 2 aromatic rings. The van der Waals surface area contributed by atoms with Crippen LogP contribution in [0.4, 0.5) is 11.8 Å². The van der Waals surface area contributed by atoms with Crippen LogP contribution in [-0.2, 0) is 0 Å². The van der Waals surface area contributed by atoms with E-state index in [2.05, 4.69) is 53.3 Å². The number of rotatable bonds is 4. The van der Waals surface area contributed by atoms with Gasteiger partial charge < -0.3 is 10.2 Å². The summed E-state index contributed by atoms with van der Waals surface area (Å²) in [5.41, 5.74) is 2.27. The van der Waals surface area contributed by atoms with Crippen molar-refractivity contribution in [3.05, 3.63) is 47.7 Å². The molecule has 3 rings (SSSR count). The number of aryl methyl sites for hydroxylation is 1. The number of piperidine rings is 1. The molecule has 2 heterocycles. The third-order valence-corrected chi connectivity index (χ3v) is 4.57. The van der Waals surface area contributed by atoms with Gasteiger partial charge in [0.25, 0.3) is 0 Å². The third-order valence-electron chi connectivity index (χ3n) is 4.57. The predicted molar refractivity (Wildman–Crippen MR) is 95.9 cm³/mol. The molecule has 1 aliphatic rings. The first-order valence-corrected chi connectivity index (χ1v) is 8.54. The highest BCUT2D eigenvalue weighted by Gasteiger charge is 2.19. The van der Waals surface area contributed by atoms with E-state index in [0.29, 0.717) is 0 Å². The normalized spacial score (nSPS) is 17.1. The topological polar surface area (TPSA) is 41.1 Å². The molecular weight excluding hydrogens is 284 g/mol. The Morgan fingerprint density at radius 2 is 1.83 bits per heavy atom. The summed E-state index contributed by atoms with van der Waals surface area (Å²) in [6.45, 7) is 8.63. The van der Waals surface area contributed by atoms with E-state index in [-0.39, 0.29) is 6.04 Å².